The second-order valence-corrected chi connectivity index (χ2v) is 0.569. The van der Waals surface area contributed by atoms with Gasteiger partial charge >= 0.3 is 0 Å². The van der Waals surface area contributed by atoms with Crippen LogP contribution in [-0.2, 0) is 0 Å². The van der Waals surface area contributed by atoms with Crippen LogP contribution in [0.25, 0.3) is 0 Å². The minimum Gasteiger partial charge on any atom is -0.0917 e. The van der Waals surface area contributed by atoms with E-state index in [0.29, 0.717) is 0 Å². The lowest BCUT2D eigenvalue weighted by Crippen LogP contribution is -1.27. The number of rotatable bonds is 0. The molecule has 0 rings (SSSR count). The maximum absolute atomic E-state index is 3.42. The summed E-state index contributed by atoms with van der Waals surface area (Å²) in [6.07, 6.45) is 3.64. The predicted molar refractivity (Wildman–Crippen MR) is 20.2 cm³/mol. The van der Waals surface area contributed by atoms with Gasteiger partial charge in [-0.3, -0.25) is 0 Å². The highest BCUT2D eigenvalue weighted by atomic mass is 13.4. The van der Waals surface area contributed by atoms with E-state index in [0.717, 1.165) is 0 Å². The zero-order valence-electron chi connectivity index (χ0n) is 2.86. The lowest BCUT2D eigenvalue weighted by Gasteiger charge is -1.49. The van der Waals surface area contributed by atoms with Crippen LogP contribution in [-0.4, -0.2) is 0 Å². The summed E-state index contributed by atoms with van der Waals surface area (Å²) in [5.41, 5.74) is 0. The third kappa shape index (κ3) is 1.74. The molecule has 0 bridgehead atoms. The van der Waals surface area contributed by atoms with Gasteiger partial charge in [0.1, 0.15) is 0 Å². The molecule has 23 valence electrons. The predicted octanol–water partition coefficient (Wildman–Crippen LogP) is 1.40. The number of allylic oxidation sites excluding steroid dienone is 2. The Balaban J connectivity index is 2.55. The molecule has 0 unspecified atom stereocenters. The molecular weight excluding hydrogens is 48.0 g/mol. The van der Waals surface area contributed by atoms with Crippen molar-refractivity contribution in [3.8, 4) is 0 Å². The first kappa shape index (κ1) is 3.74. The molecule has 1 radical (unpaired) electrons. The summed E-state index contributed by atoms with van der Waals surface area (Å²) in [5, 5.41) is 0. The zero-order valence-corrected chi connectivity index (χ0v) is 2.86. The molecule has 0 saturated carbocycles. The standard InChI is InChI=1S/C4H7/c1-3-4-2/h3-4H,1H2,2H3/b4-3+. The fourth-order valence-electron chi connectivity index (χ4n) is 0. The van der Waals surface area contributed by atoms with Crippen molar-refractivity contribution in [2.75, 3.05) is 0 Å². The smallest absolute Gasteiger partial charge is 0.0316 e. The first-order valence-corrected chi connectivity index (χ1v) is 1.32. The fraction of sp³-hybridized carbons (Fsp3) is 0.250. The number of hydrogen-bond acceptors (Lipinski definition) is 0. The van der Waals surface area contributed by atoms with Crippen LogP contribution in [0.15, 0.2) is 12.2 Å². The molecule has 0 aliphatic carbocycles. The van der Waals surface area contributed by atoms with E-state index in [1.807, 2.05) is 13.0 Å². The summed E-state index contributed by atoms with van der Waals surface area (Å²) in [6.45, 7) is 5.36. The van der Waals surface area contributed by atoms with Gasteiger partial charge in [-0.1, -0.05) is 12.2 Å². The summed E-state index contributed by atoms with van der Waals surface area (Å²) in [6, 6.07) is 0. The molecule has 0 aromatic rings. The van der Waals surface area contributed by atoms with Crippen molar-refractivity contribution in [3.63, 3.8) is 0 Å². The van der Waals surface area contributed by atoms with E-state index in [4.69, 9.17) is 0 Å². The van der Waals surface area contributed by atoms with Crippen LogP contribution < -0.4 is 0 Å². The lowest BCUT2D eigenvalue weighted by atomic mass is 10.6. The third-order valence-electron chi connectivity index (χ3n) is 0.236. The Morgan fingerprint density at radius 1 is 1.75 bits per heavy atom. The van der Waals surface area contributed by atoms with E-state index in [1.165, 1.54) is 0 Å². The Kier molecular flexibility index (Phi) is 2.56. The topological polar surface area (TPSA) is 0 Å². The van der Waals surface area contributed by atoms with Gasteiger partial charge in [-0.2, -0.15) is 0 Å². The summed E-state index contributed by atoms with van der Waals surface area (Å²) in [7, 11) is 0. The second-order valence-electron chi connectivity index (χ2n) is 0.569. The van der Waals surface area contributed by atoms with E-state index in [-0.39, 0.29) is 0 Å². The van der Waals surface area contributed by atoms with E-state index in [9.17, 15) is 0 Å². The van der Waals surface area contributed by atoms with Crippen LogP contribution in [0.2, 0.25) is 0 Å². The summed E-state index contributed by atoms with van der Waals surface area (Å²) in [4.78, 5) is 0. The Morgan fingerprint density at radius 3 is 2.00 bits per heavy atom. The lowest BCUT2D eigenvalue weighted by molar-refractivity contribution is 1.74. The minimum absolute atomic E-state index is 1.75. The Bertz CT molecular complexity index is 15.2. The van der Waals surface area contributed by atoms with Crippen LogP contribution >= 0.6 is 0 Å². The van der Waals surface area contributed by atoms with Gasteiger partial charge in [0.25, 0.3) is 0 Å². The average molecular weight is 55.1 g/mol. The Labute approximate surface area is 27.1 Å². The van der Waals surface area contributed by atoms with Crippen molar-refractivity contribution >= 4 is 0 Å². The fourth-order valence-corrected chi connectivity index (χ4v) is 0. The van der Waals surface area contributed by atoms with Crippen molar-refractivity contribution in [3.05, 3.63) is 19.1 Å². The third-order valence-corrected chi connectivity index (χ3v) is 0.236. The zero-order chi connectivity index (χ0) is 3.41. The molecule has 0 aromatic heterocycles. The SMILES string of the molecule is [CH2]/C=C/C. The molecule has 0 aliphatic rings. The van der Waals surface area contributed by atoms with Gasteiger partial charge in [0.2, 0.25) is 0 Å². The first-order chi connectivity index (χ1) is 1.91. The molecule has 0 heteroatoms. The highest BCUT2D eigenvalue weighted by Gasteiger charge is 1.34. The van der Waals surface area contributed by atoms with Gasteiger partial charge in [0.15, 0.2) is 0 Å². The van der Waals surface area contributed by atoms with Gasteiger partial charge < -0.3 is 0 Å². The van der Waals surface area contributed by atoms with Crippen LogP contribution in [0.5, 0.6) is 0 Å². The molecule has 0 atom stereocenters. The van der Waals surface area contributed by atoms with Crippen molar-refractivity contribution in [1.82, 2.24) is 0 Å². The number of hydrogen-bond donors (Lipinski definition) is 0. The molecule has 0 heterocycles. The molecular formula is C4H7. The molecule has 4 heavy (non-hydrogen) atoms. The molecule has 0 nitrogen and oxygen atoms in total. The molecule has 0 saturated heterocycles. The van der Waals surface area contributed by atoms with Crippen molar-refractivity contribution in [2.24, 2.45) is 0 Å². The van der Waals surface area contributed by atoms with E-state index in [1.54, 1.807) is 6.08 Å². The van der Waals surface area contributed by atoms with Crippen LogP contribution in [0.1, 0.15) is 6.92 Å². The van der Waals surface area contributed by atoms with Crippen molar-refractivity contribution < 1.29 is 0 Å². The van der Waals surface area contributed by atoms with E-state index in [2.05, 4.69) is 6.92 Å². The van der Waals surface area contributed by atoms with E-state index < -0.39 is 0 Å². The van der Waals surface area contributed by atoms with Crippen LogP contribution in [0.4, 0.5) is 0 Å². The highest BCUT2D eigenvalue weighted by molar-refractivity contribution is 4.78. The molecule has 0 aromatic carbocycles. The molecule has 0 amide bonds. The van der Waals surface area contributed by atoms with Gasteiger partial charge in [-0.15, -0.1) is 0 Å². The highest BCUT2D eigenvalue weighted by Crippen LogP contribution is 1.56. The molecule has 0 N–H and O–H groups in total. The molecule has 0 fully saturated rings. The summed E-state index contributed by atoms with van der Waals surface area (Å²) < 4.78 is 0. The first-order valence-electron chi connectivity index (χ1n) is 1.32. The molecule has 0 aliphatic heterocycles. The monoisotopic (exact) mass is 55.1 g/mol. The minimum atomic E-state index is 1.75. The average Bonchev–Trinajstić information content (AvgIpc) is 1.37. The van der Waals surface area contributed by atoms with E-state index >= 15 is 0 Å². The maximum atomic E-state index is 3.42. The van der Waals surface area contributed by atoms with Crippen molar-refractivity contribution in [2.45, 2.75) is 6.92 Å². The summed E-state index contributed by atoms with van der Waals surface area (Å²) >= 11 is 0. The Hall–Kier alpha value is -0.260. The quantitative estimate of drug-likeness (QED) is 0.393. The summed E-state index contributed by atoms with van der Waals surface area (Å²) in [5.74, 6) is 0. The Morgan fingerprint density at radius 2 is 2.00 bits per heavy atom. The normalized spacial score (nSPS) is 9.50. The van der Waals surface area contributed by atoms with Gasteiger partial charge in [0.05, 0.1) is 0 Å². The van der Waals surface area contributed by atoms with Crippen LogP contribution in [0, 0.1) is 6.92 Å². The second kappa shape index (κ2) is 2.74. The molecule has 0 spiro atoms. The van der Waals surface area contributed by atoms with Crippen LogP contribution in [0.3, 0.4) is 0 Å². The van der Waals surface area contributed by atoms with Gasteiger partial charge in [-0.05, 0) is 13.8 Å². The maximum Gasteiger partial charge on any atom is -0.0316 e. The van der Waals surface area contributed by atoms with Crippen molar-refractivity contribution in [1.29, 1.82) is 0 Å². The van der Waals surface area contributed by atoms with Gasteiger partial charge in [0, 0.05) is 0 Å². The largest absolute Gasteiger partial charge is 0.0917 e. The van der Waals surface area contributed by atoms with Gasteiger partial charge in [-0.25, -0.2) is 0 Å².